The summed E-state index contributed by atoms with van der Waals surface area (Å²) < 4.78 is 17.4. The minimum absolute atomic E-state index is 0.0160. The maximum atomic E-state index is 14.0. The van der Waals surface area contributed by atoms with Crippen LogP contribution >= 0.6 is 11.3 Å². The smallest absolute Gasteiger partial charge is 0.297 e. The number of fused-ring (bicyclic) bond motifs is 2. The normalized spacial score (nSPS) is 14.8. The number of hydrogen-bond acceptors (Lipinski definition) is 8. The van der Waals surface area contributed by atoms with E-state index >= 15 is 0 Å². The van der Waals surface area contributed by atoms with E-state index in [4.69, 9.17) is 13.9 Å². The van der Waals surface area contributed by atoms with Gasteiger partial charge in [-0.1, -0.05) is 43.9 Å². The second-order valence-electron chi connectivity index (χ2n) is 9.77. The molecule has 0 N–H and O–H groups in total. The van der Waals surface area contributed by atoms with Crippen molar-refractivity contribution < 1.29 is 18.7 Å². The molecule has 2 aromatic heterocycles. The number of rotatable bonds is 8. The zero-order valence-corrected chi connectivity index (χ0v) is 22.8. The van der Waals surface area contributed by atoms with Gasteiger partial charge in [0.25, 0.3) is 5.91 Å². The summed E-state index contributed by atoms with van der Waals surface area (Å²) in [7, 11) is 1.54. The van der Waals surface area contributed by atoms with Gasteiger partial charge in [0.05, 0.1) is 24.1 Å². The van der Waals surface area contributed by atoms with Crippen LogP contribution in [0.5, 0.6) is 11.5 Å². The highest BCUT2D eigenvalue weighted by Crippen LogP contribution is 2.44. The van der Waals surface area contributed by atoms with Gasteiger partial charge in [0, 0.05) is 6.42 Å². The number of ether oxygens (including phenoxy) is 2. The Morgan fingerprint density at radius 2 is 1.89 bits per heavy atom. The first-order valence-electron chi connectivity index (χ1n) is 12.4. The van der Waals surface area contributed by atoms with Crippen molar-refractivity contribution in [1.29, 1.82) is 0 Å². The van der Waals surface area contributed by atoms with Crippen molar-refractivity contribution in [3.63, 3.8) is 0 Å². The largest absolute Gasteiger partial charge is 0.493 e. The van der Waals surface area contributed by atoms with E-state index in [0.717, 1.165) is 22.6 Å². The summed E-state index contributed by atoms with van der Waals surface area (Å²) in [5.41, 5.74) is 3.01. The number of hydrogen-bond donors (Lipinski definition) is 0. The molecule has 1 atom stereocenters. The Hall–Kier alpha value is -3.98. The van der Waals surface area contributed by atoms with Gasteiger partial charge in [-0.25, -0.2) is 0 Å². The van der Waals surface area contributed by atoms with Crippen LogP contribution in [0.2, 0.25) is 0 Å². The lowest BCUT2D eigenvalue weighted by molar-refractivity contribution is 0.0970. The number of aryl methyl sites for hydroxylation is 2. The van der Waals surface area contributed by atoms with Crippen molar-refractivity contribution in [3.8, 4) is 11.5 Å². The highest BCUT2D eigenvalue weighted by Gasteiger charge is 2.45. The first-order chi connectivity index (χ1) is 18.2. The van der Waals surface area contributed by atoms with E-state index in [1.165, 1.54) is 16.2 Å². The summed E-state index contributed by atoms with van der Waals surface area (Å²) in [6.45, 7) is 12.1. The minimum atomic E-state index is -0.776. The van der Waals surface area contributed by atoms with E-state index < -0.39 is 11.9 Å². The summed E-state index contributed by atoms with van der Waals surface area (Å²) in [6.07, 6.45) is 2.38. The number of benzene rings is 2. The van der Waals surface area contributed by atoms with Crippen molar-refractivity contribution in [2.24, 2.45) is 5.92 Å². The topological polar surface area (TPSA) is 94.8 Å². The molecule has 3 heterocycles. The summed E-state index contributed by atoms with van der Waals surface area (Å²) in [4.78, 5) is 29.4. The molecular formula is C29H29N3O5S. The molecule has 4 aromatic rings. The van der Waals surface area contributed by atoms with Crippen molar-refractivity contribution in [2.45, 2.75) is 40.2 Å². The van der Waals surface area contributed by atoms with E-state index in [1.54, 1.807) is 31.4 Å². The molecule has 196 valence electrons. The molecule has 9 heteroatoms. The standard InChI is InChI=1S/C29H29N3O5S/c1-7-10-36-20-9-8-18(14-22(20)35-6)25-24-26(33)19-12-16(4)17(5)13-21(19)37-27(24)28(34)32(25)29-31-30-23(38-29)11-15(2)3/h7-9,12-15,25H,1,10-11H2,2-6H3. The van der Waals surface area contributed by atoms with E-state index in [0.29, 0.717) is 45.7 Å². The third-order valence-electron chi connectivity index (χ3n) is 6.59. The van der Waals surface area contributed by atoms with Gasteiger partial charge in [0.2, 0.25) is 10.9 Å². The lowest BCUT2D eigenvalue weighted by Gasteiger charge is -2.23. The average Bonchev–Trinajstić information content (AvgIpc) is 3.45. The summed E-state index contributed by atoms with van der Waals surface area (Å²) in [5, 5.41) is 10.3. The Labute approximate surface area is 224 Å². The van der Waals surface area contributed by atoms with Crippen molar-refractivity contribution in [2.75, 3.05) is 18.6 Å². The Bertz CT molecular complexity index is 1620. The second-order valence-corrected chi connectivity index (χ2v) is 10.8. The molecule has 1 aliphatic rings. The molecule has 1 amide bonds. The second kappa shape index (κ2) is 10.1. The Kier molecular flexibility index (Phi) is 6.79. The number of aromatic nitrogens is 2. The number of amides is 1. The lowest BCUT2D eigenvalue weighted by atomic mass is 9.97. The predicted molar refractivity (Wildman–Crippen MR) is 148 cm³/mol. The Morgan fingerprint density at radius 1 is 1.13 bits per heavy atom. The van der Waals surface area contributed by atoms with Gasteiger partial charge >= 0.3 is 0 Å². The molecule has 0 saturated carbocycles. The lowest BCUT2D eigenvalue weighted by Crippen LogP contribution is -2.29. The van der Waals surface area contributed by atoms with Crippen molar-refractivity contribution in [3.05, 3.63) is 86.2 Å². The first-order valence-corrected chi connectivity index (χ1v) is 13.2. The summed E-state index contributed by atoms with van der Waals surface area (Å²) >= 11 is 1.34. The Morgan fingerprint density at radius 3 is 2.61 bits per heavy atom. The van der Waals surface area contributed by atoms with Gasteiger partial charge in [-0.05, 0) is 60.7 Å². The van der Waals surface area contributed by atoms with Crippen LogP contribution in [0, 0.1) is 19.8 Å². The average molecular weight is 532 g/mol. The van der Waals surface area contributed by atoms with Gasteiger partial charge in [0.15, 0.2) is 16.9 Å². The molecule has 2 aromatic carbocycles. The third kappa shape index (κ3) is 4.36. The predicted octanol–water partition coefficient (Wildman–Crippen LogP) is 5.78. The zero-order chi connectivity index (χ0) is 27.1. The SMILES string of the molecule is C=CCOc1ccc(C2c3c(oc4cc(C)c(C)cc4c3=O)C(=O)N2c2nnc(CC(C)C)s2)cc1OC. The van der Waals surface area contributed by atoms with Crippen LogP contribution in [0.1, 0.15) is 57.7 Å². The minimum Gasteiger partial charge on any atom is -0.493 e. The Balaban J connectivity index is 1.73. The van der Waals surface area contributed by atoms with Gasteiger partial charge in [-0.3, -0.25) is 14.5 Å². The van der Waals surface area contributed by atoms with Crippen LogP contribution in [-0.4, -0.2) is 29.8 Å². The third-order valence-corrected chi connectivity index (χ3v) is 7.54. The van der Waals surface area contributed by atoms with Crippen LogP contribution < -0.4 is 19.8 Å². The molecule has 0 saturated heterocycles. The van der Waals surface area contributed by atoms with E-state index in [2.05, 4.69) is 30.6 Å². The molecular weight excluding hydrogens is 502 g/mol. The molecule has 8 nitrogen and oxygen atoms in total. The molecule has 0 aliphatic carbocycles. The van der Waals surface area contributed by atoms with Crippen molar-refractivity contribution >= 4 is 33.3 Å². The van der Waals surface area contributed by atoms with Crippen LogP contribution in [0.15, 0.2) is 52.2 Å². The van der Waals surface area contributed by atoms with E-state index in [-0.39, 0.29) is 16.8 Å². The number of anilines is 1. The molecule has 0 spiro atoms. The van der Waals surface area contributed by atoms with E-state index in [9.17, 15) is 9.59 Å². The molecule has 38 heavy (non-hydrogen) atoms. The number of carbonyl (C=O) groups is 1. The molecule has 0 fully saturated rings. The summed E-state index contributed by atoms with van der Waals surface area (Å²) in [6, 6.07) is 8.21. The fourth-order valence-electron chi connectivity index (χ4n) is 4.64. The highest BCUT2D eigenvalue weighted by molar-refractivity contribution is 7.15. The number of methoxy groups -OCH3 is 1. The maximum Gasteiger partial charge on any atom is 0.297 e. The molecule has 0 radical (unpaired) electrons. The van der Waals surface area contributed by atoms with Gasteiger partial charge < -0.3 is 13.9 Å². The van der Waals surface area contributed by atoms with Gasteiger partial charge in [0.1, 0.15) is 17.2 Å². The number of nitrogens with zero attached hydrogens (tertiary/aromatic N) is 3. The molecule has 1 unspecified atom stereocenters. The number of carbonyl (C=O) groups excluding carboxylic acids is 1. The summed E-state index contributed by atoms with van der Waals surface area (Å²) in [5.74, 6) is 0.965. The van der Waals surface area contributed by atoms with E-state index in [1.807, 2.05) is 26.0 Å². The fraction of sp³-hybridized carbons (Fsp3) is 0.310. The quantitative estimate of drug-likeness (QED) is 0.266. The van der Waals surface area contributed by atoms with Crippen LogP contribution in [-0.2, 0) is 6.42 Å². The molecule has 5 rings (SSSR count). The maximum absolute atomic E-state index is 14.0. The van der Waals surface area contributed by atoms with Gasteiger partial charge in [-0.2, -0.15) is 0 Å². The zero-order valence-electron chi connectivity index (χ0n) is 22.0. The van der Waals surface area contributed by atoms with Gasteiger partial charge in [-0.15, -0.1) is 10.2 Å². The fourth-order valence-corrected chi connectivity index (χ4v) is 5.71. The molecule has 0 bridgehead atoms. The molecule has 1 aliphatic heterocycles. The van der Waals surface area contributed by atoms with Crippen LogP contribution in [0.4, 0.5) is 5.13 Å². The van der Waals surface area contributed by atoms with Crippen LogP contribution in [0.25, 0.3) is 11.0 Å². The first kappa shape index (κ1) is 25.7. The van der Waals surface area contributed by atoms with Crippen LogP contribution in [0.3, 0.4) is 0 Å². The van der Waals surface area contributed by atoms with Crippen molar-refractivity contribution in [1.82, 2.24) is 10.2 Å². The monoisotopic (exact) mass is 531 g/mol. The highest BCUT2D eigenvalue weighted by atomic mass is 32.1.